The lowest BCUT2D eigenvalue weighted by Crippen LogP contribution is -2.39. The van der Waals surface area contributed by atoms with Crippen LogP contribution in [0, 0.1) is 0 Å². The van der Waals surface area contributed by atoms with Crippen LogP contribution < -0.4 is 16.6 Å². The summed E-state index contributed by atoms with van der Waals surface area (Å²) >= 11 is 0. The van der Waals surface area contributed by atoms with Gasteiger partial charge in [-0.1, -0.05) is 0 Å². The third-order valence-electron chi connectivity index (χ3n) is 3.20. The fourth-order valence-electron chi connectivity index (χ4n) is 2.14. The Kier molecular flexibility index (Phi) is 4.35. The highest BCUT2D eigenvalue weighted by Crippen LogP contribution is 2.27. The molecule has 9 nitrogen and oxygen atoms in total. The number of rotatable bonds is 4. The number of aromatic nitrogens is 2. The topological polar surface area (TPSA) is 137 Å². The Bertz CT molecular complexity index is 582. The zero-order valence-corrected chi connectivity index (χ0v) is 10.8. The van der Waals surface area contributed by atoms with E-state index in [1.807, 2.05) is 0 Å². The first-order valence-corrected chi connectivity index (χ1v) is 6.11. The van der Waals surface area contributed by atoms with E-state index in [0.717, 1.165) is 4.57 Å². The quantitative estimate of drug-likeness (QED) is 0.395. The highest BCUT2D eigenvalue weighted by molar-refractivity contribution is 5.05. The number of aliphatic hydroxyl groups excluding tert-OH is 3. The fraction of sp³-hybridized carbons (Fsp3) is 0.636. The van der Waals surface area contributed by atoms with Crippen LogP contribution >= 0.6 is 0 Å². The van der Waals surface area contributed by atoms with Gasteiger partial charge < -0.3 is 25.4 Å². The first kappa shape index (κ1) is 14.9. The molecule has 2 rings (SSSR count). The van der Waals surface area contributed by atoms with Crippen LogP contribution in [0.4, 0.5) is 0 Å². The molecular formula is C11H17N3O6. The maximum atomic E-state index is 11.8. The molecule has 4 unspecified atom stereocenters. The summed E-state index contributed by atoms with van der Waals surface area (Å²) in [5.74, 6) is 0. The average Bonchev–Trinajstić information content (AvgIpc) is 2.70. The van der Waals surface area contributed by atoms with Crippen molar-refractivity contribution < 1.29 is 20.1 Å². The van der Waals surface area contributed by atoms with Crippen LogP contribution in [-0.4, -0.2) is 56.8 Å². The molecule has 20 heavy (non-hydrogen) atoms. The molecule has 0 amide bonds. The second kappa shape index (κ2) is 5.85. The van der Waals surface area contributed by atoms with E-state index in [9.17, 15) is 19.8 Å². The molecule has 1 saturated heterocycles. The summed E-state index contributed by atoms with van der Waals surface area (Å²) in [7, 11) is 1.64. The van der Waals surface area contributed by atoms with Gasteiger partial charge in [-0.2, -0.15) is 0 Å². The van der Waals surface area contributed by atoms with Crippen molar-refractivity contribution in [1.29, 1.82) is 0 Å². The number of nitrogens with one attached hydrogen (secondary N) is 2. The van der Waals surface area contributed by atoms with Gasteiger partial charge in [0.1, 0.15) is 18.3 Å². The Morgan fingerprint density at radius 1 is 1.40 bits per heavy atom. The third-order valence-corrected chi connectivity index (χ3v) is 3.20. The molecule has 0 aromatic carbocycles. The molecule has 0 aliphatic carbocycles. The molecule has 4 atom stereocenters. The molecule has 112 valence electrons. The first-order valence-electron chi connectivity index (χ1n) is 6.11. The standard InChI is InChI=1S/C11H17N3O6/c1-12-2-5-3-14(11(19)13-9(5)18)10-8(17)7(16)6(4-15)20-10/h3,6-8,10,12,15-17H,2,4H2,1H3,(H,13,18,19). The zero-order valence-electron chi connectivity index (χ0n) is 10.8. The molecule has 0 saturated carbocycles. The fourth-order valence-corrected chi connectivity index (χ4v) is 2.14. The maximum Gasteiger partial charge on any atom is 0.330 e. The van der Waals surface area contributed by atoms with E-state index < -0.39 is 42.4 Å². The van der Waals surface area contributed by atoms with Gasteiger partial charge >= 0.3 is 5.69 Å². The molecule has 5 N–H and O–H groups in total. The van der Waals surface area contributed by atoms with Gasteiger partial charge in [-0.15, -0.1) is 0 Å². The van der Waals surface area contributed by atoms with E-state index >= 15 is 0 Å². The van der Waals surface area contributed by atoms with Crippen molar-refractivity contribution in [3.05, 3.63) is 32.6 Å². The number of ether oxygens (including phenoxy) is 1. The lowest BCUT2D eigenvalue weighted by molar-refractivity contribution is -0.0551. The van der Waals surface area contributed by atoms with Gasteiger partial charge in [0.15, 0.2) is 6.23 Å². The summed E-state index contributed by atoms with van der Waals surface area (Å²) < 4.78 is 6.24. The van der Waals surface area contributed by atoms with Crippen molar-refractivity contribution in [1.82, 2.24) is 14.9 Å². The minimum Gasteiger partial charge on any atom is -0.394 e. The number of aromatic amines is 1. The molecule has 1 aliphatic rings. The third kappa shape index (κ3) is 2.53. The average molecular weight is 287 g/mol. The van der Waals surface area contributed by atoms with Crippen LogP contribution in [0.25, 0.3) is 0 Å². The normalized spacial score (nSPS) is 29.8. The molecule has 1 aromatic rings. The number of aliphatic hydroxyl groups is 3. The van der Waals surface area contributed by atoms with E-state index in [1.54, 1.807) is 7.05 Å². The highest BCUT2D eigenvalue weighted by atomic mass is 16.6. The molecule has 1 fully saturated rings. The SMILES string of the molecule is CNCc1cn(C2OC(CO)C(O)C2O)c(=O)[nH]c1=O. The van der Waals surface area contributed by atoms with Gasteiger partial charge in [0.25, 0.3) is 5.56 Å². The van der Waals surface area contributed by atoms with E-state index in [0.29, 0.717) is 0 Å². The lowest BCUT2D eigenvalue weighted by Gasteiger charge is -2.17. The molecule has 0 radical (unpaired) electrons. The summed E-state index contributed by atoms with van der Waals surface area (Å²) in [5.41, 5.74) is -1.01. The van der Waals surface area contributed by atoms with Crippen molar-refractivity contribution in [2.24, 2.45) is 0 Å². The molecule has 1 aromatic heterocycles. The van der Waals surface area contributed by atoms with E-state index in [2.05, 4.69) is 10.3 Å². The van der Waals surface area contributed by atoms with Crippen LogP contribution in [0.2, 0.25) is 0 Å². The van der Waals surface area contributed by atoms with Crippen LogP contribution in [0.3, 0.4) is 0 Å². The second-order valence-corrected chi connectivity index (χ2v) is 4.58. The van der Waals surface area contributed by atoms with Crippen molar-refractivity contribution in [3.63, 3.8) is 0 Å². The van der Waals surface area contributed by atoms with Crippen LogP contribution in [0.5, 0.6) is 0 Å². The van der Waals surface area contributed by atoms with Crippen LogP contribution in [0.15, 0.2) is 15.8 Å². The summed E-state index contributed by atoms with van der Waals surface area (Å²) in [6, 6.07) is 0. The van der Waals surface area contributed by atoms with Crippen LogP contribution in [0.1, 0.15) is 11.8 Å². The van der Waals surface area contributed by atoms with Gasteiger partial charge in [-0.05, 0) is 7.05 Å². The van der Waals surface area contributed by atoms with Crippen LogP contribution in [-0.2, 0) is 11.3 Å². The number of nitrogens with zero attached hydrogens (tertiary/aromatic N) is 1. The summed E-state index contributed by atoms with van der Waals surface area (Å²) in [6.07, 6.45) is -3.57. The van der Waals surface area contributed by atoms with Crippen molar-refractivity contribution in [3.8, 4) is 0 Å². The van der Waals surface area contributed by atoms with E-state index in [1.165, 1.54) is 6.20 Å². The minimum atomic E-state index is -1.38. The minimum absolute atomic E-state index is 0.227. The van der Waals surface area contributed by atoms with Crippen molar-refractivity contribution >= 4 is 0 Å². The Morgan fingerprint density at radius 2 is 2.10 bits per heavy atom. The smallest absolute Gasteiger partial charge is 0.330 e. The van der Waals surface area contributed by atoms with E-state index in [-0.39, 0.29) is 12.1 Å². The van der Waals surface area contributed by atoms with Gasteiger partial charge in [-0.3, -0.25) is 14.3 Å². The molecule has 9 heteroatoms. The first-order chi connectivity index (χ1) is 9.49. The van der Waals surface area contributed by atoms with Gasteiger partial charge in [0.05, 0.1) is 6.61 Å². The van der Waals surface area contributed by atoms with Crippen molar-refractivity contribution in [2.75, 3.05) is 13.7 Å². The Hall–Kier alpha value is -1.52. The summed E-state index contributed by atoms with van der Waals surface area (Å²) in [5, 5.41) is 31.3. The summed E-state index contributed by atoms with van der Waals surface area (Å²) in [6.45, 7) is -0.263. The van der Waals surface area contributed by atoms with Crippen molar-refractivity contribution in [2.45, 2.75) is 31.1 Å². The summed E-state index contributed by atoms with van der Waals surface area (Å²) in [4.78, 5) is 25.5. The van der Waals surface area contributed by atoms with Gasteiger partial charge in [0.2, 0.25) is 0 Å². The predicted molar refractivity (Wildman–Crippen MR) is 67.1 cm³/mol. The zero-order chi connectivity index (χ0) is 14.9. The molecule has 2 heterocycles. The van der Waals surface area contributed by atoms with Gasteiger partial charge in [0, 0.05) is 18.3 Å². The highest BCUT2D eigenvalue weighted by Gasteiger charge is 2.43. The molecule has 0 bridgehead atoms. The Balaban J connectivity index is 2.40. The molecule has 0 spiro atoms. The molecule has 1 aliphatic heterocycles. The maximum absolute atomic E-state index is 11.8. The monoisotopic (exact) mass is 287 g/mol. The molecular weight excluding hydrogens is 270 g/mol. The number of hydrogen-bond acceptors (Lipinski definition) is 7. The lowest BCUT2D eigenvalue weighted by atomic mass is 10.1. The second-order valence-electron chi connectivity index (χ2n) is 4.58. The van der Waals surface area contributed by atoms with E-state index in [4.69, 9.17) is 9.84 Å². The van der Waals surface area contributed by atoms with Gasteiger partial charge in [-0.25, -0.2) is 4.79 Å². The number of hydrogen-bond donors (Lipinski definition) is 5. The largest absolute Gasteiger partial charge is 0.394 e. The Labute approximate surface area is 113 Å². The predicted octanol–water partition coefficient (Wildman–Crippen LogP) is -3.13. The Morgan fingerprint density at radius 3 is 2.65 bits per heavy atom. The number of H-pyrrole nitrogens is 1.